The maximum Gasteiger partial charge on any atom is 0.174 e. The van der Waals surface area contributed by atoms with Crippen LogP contribution in [0.1, 0.15) is 23.3 Å². The Labute approximate surface area is 163 Å². The summed E-state index contributed by atoms with van der Waals surface area (Å²) in [6.07, 6.45) is -1.44. The van der Waals surface area contributed by atoms with Crippen LogP contribution in [-0.2, 0) is 0 Å². The molecule has 1 aromatic heterocycles. The Kier molecular flexibility index (Phi) is 6.25. The number of aliphatic hydroxyl groups excluding tert-OH is 2. The van der Waals surface area contributed by atoms with Gasteiger partial charge < -0.3 is 32.3 Å². The zero-order valence-electron chi connectivity index (χ0n) is 15.3. The predicted octanol–water partition coefficient (Wildman–Crippen LogP) is 1.93. The van der Waals surface area contributed by atoms with Crippen molar-refractivity contribution >= 4 is 23.0 Å². The molecule has 28 heavy (non-hydrogen) atoms. The summed E-state index contributed by atoms with van der Waals surface area (Å²) < 4.78 is 0. The Morgan fingerprint density at radius 3 is 1.39 bits per heavy atom. The Hall–Kier alpha value is -3.36. The summed E-state index contributed by atoms with van der Waals surface area (Å²) >= 11 is 0. The summed E-state index contributed by atoms with van der Waals surface area (Å²) in [7, 11) is 0. The second-order valence-corrected chi connectivity index (χ2v) is 6.34. The summed E-state index contributed by atoms with van der Waals surface area (Å²) in [6, 6.07) is 18.5. The van der Waals surface area contributed by atoms with Crippen molar-refractivity contribution in [1.82, 2.24) is 10.2 Å². The highest BCUT2D eigenvalue weighted by Gasteiger charge is 2.15. The number of aliphatic hydroxyl groups is 2. The average Bonchev–Trinajstić information content (AvgIpc) is 2.75. The van der Waals surface area contributed by atoms with Crippen LogP contribution in [0.4, 0.5) is 23.0 Å². The molecular formula is C20H24N6O2. The van der Waals surface area contributed by atoms with Gasteiger partial charge in [-0.1, -0.05) is 60.7 Å². The minimum atomic E-state index is -0.720. The molecule has 0 saturated heterocycles. The van der Waals surface area contributed by atoms with Gasteiger partial charge in [0.05, 0.1) is 12.2 Å². The minimum Gasteiger partial charge on any atom is -0.394 e. The number of rotatable bonds is 8. The van der Waals surface area contributed by atoms with E-state index in [1.807, 2.05) is 60.7 Å². The highest BCUT2D eigenvalue weighted by Crippen LogP contribution is 2.28. The van der Waals surface area contributed by atoms with Gasteiger partial charge in [0.1, 0.15) is 11.4 Å². The topological polar surface area (TPSA) is 142 Å². The van der Waals surface area contributed by atoms with Gasteiger partial charge in [-0.3, -0.25) is 0 Å². The first kappa shape index (κ1) is 19.4. The first-order valence-electron chi connectivity index (χ1n) is 8.91. The number of nitrogens with two attached hydrogens (primary N) is 2. The Morgan fingerprint density at radius 2 is 1.04 bits per heavy atom. The second kappa shape index (κ2) is 9.03. The molecule has 8 heteroatoms. The van der Waals surface area contributed by atoms with E-state index in [9.17, 15) is 10.2 Å². The Bertz CT molecular complexity index is 817. The normalized spacial score (nSPS) is 12.9. The Morgan fingerprint density at radius 1 is 0.679 bits per heavy atom. The van der Waals surface area contributed by atoms with Gasteiger partial charge in [0.25, 0.3) is 0 Å². The van der Waals surface area contributed by atoms with Crippen LogP contribution in [0.3, 0.4) is 0 Å². The molecule has 0 bridgehead atoms. The van der Waals surface area contributed by atoms with Crippen LogP contribution in [0.15, 0.2) is 60.7 Å². The second-order valence-electron chi connectivity index (χ2n) is 6.34. The van der Waals surface area contributed by atoms with Crippen LogP contribution in [0.5, 0.6) is 0 Å². The monoisotopic (exact) mass is 380 g/mol. The molecule has 2 unspecified atom stereocenters. The van der Waals surface area contributed by atoms with E-state index in [4.69, 9.17) is 11.5 Å². The highest BCUT2D eigenvalue weighted by molar-refractivity contribution is 5.83. The van der Waals surface area contributed by atoms with Crippen molar-refractivity contribution in [3.8, 4) is 0 Å². The summed E-state index contributed by atoms with van der Waals surface area (Å²) in [5.74, 6) is 0.586. The molecule has 3 rings (SSSR count). The number of hydrogen-bond acceptors (Lipinski definition) is 8. The van der Waals surface area contributed by atoms with Crippen molar-refractivity contribution in [3.63, 3.8) is 0 Å². The lowest BCUT2D eigenvalue weighted by atomic mass is 10.1. The average molecular weight is 380 g/mol. The van der Waals surface area contributed by atoms with Crippen molar-refractivity contribution in [3.05, 3.63) is 71.8 Å². The minimum absolute atomic E-state index is 0.210. The molecule has 8 nitrogen and oxygen atoms in total. The van der Waals surface area contributed by atoms with Gasteiger partial charge in [-0.05, 0) is 11.1 Å². The number of hydrogen-bond donors (Lipinski definition) is 6. The summed E-state index contributed by atoms with van der Waals surface area (Å²) in [4.78, 5) is 0. The van der Waals surface area contributed by atoms with E-state index in [-0.39, 0.29) is 24.5 Å². The zero-order valence-corrected chi connectivity index (χ0v) is 15.3. The summed E-state index contributed by atoms with van der Waals surface area (Å²) in [6.45, 7) is 0.420. The molecule has 0 aliphatic heterocycles. The first-order valence-corrected chi connectivity index (χ1v) is 8.91. The zero-order chi connectivity index (χ0) is 19.9. The van der Waals surface area contributed by atoms with E-state index in [1.54, 1.807) is 0 Å². The van der Waals surface area contributed by atoms with Crippen LogP contribution in [0.25, 0.3) is 0 Å². The van der Waals surface area contributed by atoms with Gasteiger partial charge in [-0.15, -0.1) is 10.2 Å². The molecule has 3 aromatic rings. The van der Waals surface area contributed by atoms with Crippen LogP contribution < -0.4 is 22.1 Å². The van der Waals surface area contributed by atoms with Gasteiger partial charge in [0.2, 0.25) is 0 Å². The molecule has 0 spiro atoms. The predicted molar refractivity (Wildman–Crippen MR) is 111 cm³/mol. The van der Waals surface area contributed by atoms with Crippen molar-refractivity contribution in [2.75, 3.05) is 35.2 Å². The lowest BCUT2D eigenvalue weighted by Crippen LogP contribution is -2.18. The third-order valence-corrected chi connectivity index (χ3v) is 4.34. The molecule has 0 amide bonds. The number of anilines is 4. The van der Waals surface area contributed by atoms with Crippen molar-refractivity contribution in [1.29, 1.82) is 0 Å². The molecule has 0 radical (unpaired) electrons. The summed E-state index contributed by atoms with van der Waals surface area (Å²) in [5.41, 5.74) is 14.1. The van der Waals surface area contributed by atoms with Gasteiger partial charge in [0, 0.05) is 13.1 Å². The van der Waals surface area contributed by atoms with Crippen LogP contribution in [0.2, 0.25) is 0 Å². The molecule has 2 atom stereocenters. The maximum absolute atomic E-state index is 10.2. The SMILES string of the molecule is Nc1c(NCC(O)c2ccccc2)nnc(NCC(O)c2ccccc2)c1N. The fraction of sp³-hybridized carbons (Fsp3) is 0.200. The highest BCUT2D eigenvalue weighted by atomic mass is 16.3. The van der Waals surface area contributed by atoms with Gasteiger partial charge in [-0.2, -0.15) is 0 Å². The number of nitrogens with zero attached hydrogens (tertiary/aromatic N) is 2. The summed E-state index contributed by atoms with van der Waals surface area (Å²) in [5, 5.41) is 34.5. The lowest BCUT2D eigenvalue weighted by molar-refractivity contribution is 0.191. The fourth-order valence-electron chi connectivity index (χ4n) is 2.70. The van der Waals surface area contributed by atoms with Crippen molar-refractivity contribution in [2.24, 2.45) is 0 Å². The first-order chi connectivity index (χ1) is 13.6. The van der Waals surface area contributed by atoms with E-state index in [0.717, 1.165) is 11.1 Å². The fourth-order valence-corrected chi connectivity index (χ4v) is 2.70. The molecular weight excluding hydrogens is 356 g/mol. The van der Waals surface area contributed by atoms with Gasteiger partial charge >= 0.3 is 0 Å². The van der Waals surface area contributed by atoms with Crippen molar-refractivity contribution < 1.29 is 10.2 Å². The number of nitrogens with one attached hydrogen (secondary N) is 2. The molecule has 1 heterocycles. The largest absolute Gasteiger partial charge is 0.394 e. The smallest absolute Gasteiger partial charge is 0.174 e. The molecule has 146 valence electrons. The van der Waals surface area contributed by atoms with E-state index in [1.165, 1.54) is 0 Å². The number of aromatic nitrogens is 2. The maximum atomic E-state index is 10.2. The van der Waals surface area contributed by atoms with E-state index < -0.39 is 12.2 Å². The van der Waals surface area contributed by atoms with E-state index >= 15 is 0 Å². The molecule has 2 aromatic carbocycles. The molecule has 0 fully saturated rings. The lowest BCUT2D eigenvalue weighted by Gasteiger charge is -2.17. The standard InChI is InChI=1S/C20H24N6O2/c21-17-18(22)20(24-12-16(28)14-9-5-2-6-10-14)26-25-19(17)23-11-15(27)13-7-3-1-4-8-13/h1-10,15-16,27-28H,11-12H2,(H3,22,23,25)(H3,21,24,26). The third-order valence-electron chi connectivity index (χ3n) is 4.34. The molecule has 8 N–H and O–H groups in total. The quantitative estimate of drug-likeness (QED) is 0.348. The van der Waals surface area contributed by atoms with Gasteiger partial charge in [-0.25, -0.2) is 0 Å². The molecule has 0 aliphatic rings. The van der Waals surface area contributed by atoms with Crippen LogP contribution in [-0.4, -0.2) is 33.5 Å². The third kappa shape index (κ3) is 4.67. The van der Waals surface area contributed by atoms with Crippen LogP contribution in [0, 0.1) is 0 Å². The van der Waals surface area contributed by atoms with Crippen LogP contribution >= 0.6 is 0 Å². The number of nitrogen functional groups attached to an aromatic ring is 2. The van der Waals surface area contributed by atoms with E-state index in [0.29, 0.717) is 11.6 Å². The van der Waals surface area contributed by atoms with Crippen molar-refractivity contribution in [2.45, 2.75) is 12.2 Å². The number of benzene rings is 2. The van der Waals surface area contributed by atoms with E-state index in [2.05, 4.69) is 20.8 Å². The van der Waals surface area contributed by atoms with Gasteiger partial charge in [0.15, 0.2) is 11.6 Å². The Balaban J connectivity index is 1.61. The molecule has 0 saturated carbocycles. The molecule has 0 aliphatic carbocycles.